The van der Waals surface area contributed by atoms with Gasteiger partial charge in [0.05, 0.1) is 13.2 Å². The van der Waals surface area contributed by atoms with Gasteiger partial charge in [0, 0.05) is 25.2 Å². The molecule has 2 aromatic rings. The van der Waals surface area contributed by atoms with E-state index < -0.39 is 11.9 Å². The summed E-state index contributed by atoms with van der Waals surface area (Å²) in [6.07, 6.45) is 0. The Bertz CT molecular complexity index is 697. The van der Waals surface area contributed by atoms with Gasteiger partial charge in [-0.1, -0.05) is 48.5 Å². The van der Waals surface area contributed by atoms with E-state index in [0.717, 1.165) is 30.0 Å². The SMILES string of the molecule is NCCNCCOCCOc1ccccc1-c1ccccc1.O=C(O)C(=O)O. The first-order valence-corrected chi connectivity index (χ1v) is 8.78. The molecule has 0 amide bonds. The fourth-order valence-corrected chi connectivity index (χ4v) is 2.13. The maximum absolute atomic E-state index is 9.10. The molecule has 8 heteroatoms. The molecular weight excluding hydrogens is 364 g/mol. The molecule has 152 valence electrons. The van der Waals surface area contributed by atoms with Gasteiger partial charge in [-0.25, -0.2) is 9.59 Å². The van der Waals surface area contributed by atoms with Crippen LogP contribution in [0, 0.1) is 0 Å². The lowest BCUT2D eigenvalue weighted by atomic mass is 10.1. The number of nitrogens with one attached hydrogen (secondary N) is 1. The van der Waals surface area contributed by atoms with Crippen LogP contribution in [0.1, 0.15) is 0 Å². The van der Waals surface area contributed by atoms with Gasteiger partial charge in [0.15, 0.2) is 0 Å². The average molecular weight is 390 g/mol. The summed E-state index contributed by atoms with van der Waals surface area (Å²) in [6.45, 7) is 4.08. The molecule has 8 nitrogen and oxygen atoms in total. The van der Waals surface area contributed by atoms with Crippen LogP contribution in [0.4, 0.5) is 0 Å². The predicted molar refractivity (Wildman–Crippen MR) is 105 cm³/mol. The monoisotopic (exact) mass is 390 g/mol. The quantitative estimate of drug-likeness (QED) is 0.354. The van der Waals surface area contributed by atoms with Gasteiger partial charge in [-0.05, 0) is 11.6 Å². The van der Waals surface area contributed by atoms with Crippen LogP contribution in [0.2, 0.25) is 0 Å². The van der Waals surface area contributed by atoms with Crippen molar-refractivity contribution < 1.29 is 29.3 Å². The maximum Gasteiger partial charge on any atom is 0.414 e. The highest BCUT2D eigenvalue weighted by Crippen LogP contribution is 2.29. The van der Waals surface area contributed by atoms with Crippen LogP contribution in [-0.2, 0) is 14.3 Å². The summed E-state index contributed by atoms with van der Waals surface area (Å²) in [5.74, 6) is -2.76. The molecule has 28 heavy (non-hydrogen) atoms. The highest BCUT2D eigenvalue weighted by Gasteiger charge is 2.05. The van der Waals surface area contributed by atoms with E-state index in [4.69, 9.17) is 35.0 Å². The lowest BCUT2D eigenvalue weighted by molar-refractivity contribution is -0.159. The van der Waals surface area contributed by atoms with Gasteiger partial charge in [0.25, 0.3) is 0 Å². The average Bonchev–Trinajstić information content (AvgIpc) is 2.71. The van der Waals surface area contributed by atoms with Gasteiger partial charge >= 0.3 is 11.9 Å². The first-order chi connectivity index (χ1) is 13.6. The smallest absolute Gasteiger partial charge is 0.414 e. The minimum Gasteiger partial charge on any atom is -0.491 e. The van der Waals surface area contributed by atoms with Crippen molar-refractivity contribution in [3.63, 3.8) is 0 Å². The zero-order valence-corrected chi connectivity index (χ0v) is 15.5. The molecule has 0 bridgehead atoms. The molecule has 2 rings (SSSR count). The molecule has 0 aliphatic rings. The van der Waals surface area contributed by atoms with Crippen molar-refractivity contribution in [3.05, 3.63) is 54.6 Å². The Hall–Kier alpha value is -2.94. The highest BCUT2D eigenvalue weighted by atomic mass is 16.5. The Labute approximate surface area is 163 Å². The number of para-hydroxylation sites is 1. The number of carboxylic acid groups (broad SMARTS) is 2. The van der Waals surface area contributed by atoms with Crippen molar-refractivity contribution >= 4 is 11.9 Å². The first kappa shape index (κ1) is 23.1. The van der Waals surface area contributed by atoms with Crippen molar-refractivity contribution in [3.8, 4) is 16.9 Å². The van der Waals surface area contributed by atoms with E-state index in [9.17, 15) is 0 Å². The van der Waals surface area contributed by atoms with Crippen LogP contribution in [-0.4, -0.2) is 61.6 Å². The standard InChI is InChI=1S/C18H24N2O2.C2H2O4/c19-10-11-20-12-13-21-14-15-22-18-9-5-4-8-17(18)16-6-2-1-3-7-16;3-1(4)2(5)6/h1-9,20H,10-15,19H2;(H,3,4)(H,5,6). The van der Waals surface area contributed by atoms with Crippen molar-refractivity contribution in [2.24, 2.45) is 5.73 Å². The topological polar surface area (TPSA) is 131 Å². The molecule has 0 aliphatic heterocycles. The van der Waals surface area contributed by atoms with E-state index in [1.807, 2.05) is 36.4 Å². The van der Waals surface area contributed by atoms with Crippen LogP contribution in [0.3, 0.4) is 0 Å². The largest absolute Gasteiger partial charge is 0.491 e. The number of nitrogens with two attached hydrogens (primary N) is 1. The summed E-state index contributed by atoms with van der Waals surface area (Å²) in [5, 5.41) is 18.0. The van der Waals surface area contributed by atoms with Crippen LogP contribution >= 0.6 is 0 Å². The fraction of sp³-hybridized carbons (Fsp3) is 0.300. The Morgan fingerprint density at radius 1 is 0.857 bits per heavy atom. The lowest BCUT2D eigenvalue weighted by Gasteiger charge is -2.12. The molecule has 0 heterocycles. The van der Waals surface area contributed by atoms with Gasteiger partial charge in [0.1, 0.15) is 12.4 Å². The van der Waals surface area contributed by atoms with Crippen molar-refractivity contribution in [2.75, 3.05) is 39.5 Å². The maximum atomic E-state index is 9.10. The Kier molecular flexibility index (Phi) is 11.7. The normalized spacial score (nSPS) is 9.89. The van der Waals surface area contributed by atoms with Crippen LogP contribution in [0.25, 0.3) is 11.1 Å². The second-order valence-corrected chi connectivity index (χ2v) is 5.47. The number of benzene rings is 2. The lowest BCUT2D eigenvalue weighted by Crippen LogP contribution is -2.26. The Morgan fingerprint density at radius 3 is 2.14 bits per heavy atom. The third-order valence-corrected chi connectivity index (χ3v) is 3.38. The molecule has 5 N–H and O–H groups in total. The molecular formula is C20H26N2O6. The van der Waals surface area contributed by atoms with E-state index in [1.165, 1.54) is 0 Å². The zero-order chi connectivity index (χ0) is 20.6. The van der Waals surface area contributed by atoms with Crippen LogP contribution in [0.5, 0.6) is 5.75 Å². The van der Waals surface area contributed by atoms with Gasteiger partial charge in [-0.3, -0.25) is 0 Å². The zero-order valence-electron chi connectivity index (χ0n) is 15.5. The molecule has 0 saturated heterocycles. The van der Waals surface area contributed by atoms with Crippen LogP contribution < -0.4 is 15.8 Å². The molecule has 0 atom stereocenters. The third kappa shape index (κ3) is 9.67. The molecule has 0 unspecified atom stereocenters. The molecule has 0 spiro atoms. The van der Waals surface area contributed by atoms with E-state index in [-0.39, 0.29) is 0 Å². The summed E-state index contributed by atoms with van der Waals surface area (Å²) in [5.41, 5.74) is 7.66. The Balaban J connectivity index is 0.000000568. The molecule has 0 aliphatic carbocycles. The van der Waals surface area contributed by atoms with Gasteiger partial charge in [0.2, 0.25) is 0 Å². The minimum atomic E-state index is -1.82. The molecule has 0 aromatic heterocycles. The fourth-order valence-electron chi connectivity index (χ4n) is 2.13. The second kappa shape index (κ2) is 14.2. The van der Waals surface area contributed by atoms with Crippen molar-refractivity contribution in [1.29, 1.82) is 0 Å². The summed E-state index contributed by atoms with van der Waals surface area (Å²) in [6, 6.07) is 18.3. The van der Waals surface area contributed by atoms with E-state index in [2.05, 4.69) is 23.5 Å². The first-order valence-electron chi connectivity index (χ1n) is 8.78. The number of aliphatic carboxylic acids is 2. The summed E-state index contributed by atoms with van der Waals surface area (Å²) in [7, 11) is 0. The van der Waals surface area contributed by atoms with Crippen LogP contribution in [0.15, 0.2) is 54.6 Å². The van der Waals surface area contributed by atoms with E-state index >= 15 is 0 Å². The molecule has 0 saturated carbocycles. The number of hydrogen-bond acceptors (Lipinski definition) is 6. The summed E-state index contributed by atoms with van der Waals surface area (Å²) >= 11 is 0. The van der Waals surface area contributed by atoms with E-state index in [1.54, 1.807) is 0 Å². The number of ether oxygens (including phenoxy) is 2. The van der Waals surface area contributed by atoms with E-state index in [0.29, 0.717) is 26.4 Å². The number of hydrogen-bond donors (Lipinski definition) is 4. The van der Waals surface area contributed by atoms with Gasteiger partial charge in [-0.15, -0.1) is 0 Å². The summed E-state index contributed by atoms with van der Waals surface area (Å²) < 4.78 is 11.4. The minimum absolute atomic E-state index is 0.542. The molecule has 0 fully saturated rings. The Morgan fingerprint density at radius 2 is 1.50 bits per heavy atom. The molecule has 2 aromatic carbocycles. The molecule has 0 radical (unpaired) electrons. The van der Waals surface area contributed by atoms with Gasteiger partial charge in [-0.2, -0.15) is 0 Å². The van der Waals surface area contributed by atoms with Crippen molar-refractivity contribution in [1.82, 2.24) is 5.32 Å². The number of carbonyl (C=O) groups is 2. The number of carboxylic acids is 2. The van der Waals surface area contributed by atoms with Gasteiger partial charge < -0.3 is 30.7 Å². The predicted octanol–water partition coefficient (Wildman–Crippen LogP) is 1.45. The highest BCUT2D eigenvalue weighted by molar-refractivity contribution is 6.27. The second-order valence-electron chi connectivity index (χ2n) is 5.47. The number of rotatable bonds is 10. The summed E-state index contributed by atoms with van der Waals surface area (Å²) in [4.78, 5) is 18.2. The third-order valence-electron chi connectivity index (χ3n) is 3.38. The van der Waals surface area contributed by atoms with Crippen molar-refractivity contribution in [2.45, 2.75) is 0 Å².